The average molecular weight is 283 g/mol. The van der Waals surface area contributed by atoms with Gasteiger partial charge in [0.15, 0.2) is 5.58 Å². The van der Waals surface area contributed by atoms with Gasteiger partial charge in [-0.2, -0.15) is 4.98 Å². The molecule has 1 N–H and O–H groups in total. The molecule has 2 rings (SSSR count). The van der Waals surface area contributed by atoms with E-state index in [0.717, 1.165) is 0 Å². The van der Waals surface area contributed by atoms with E-state index in [4.69, 9.17) is 4.42 Å². The van der Waals surface area contributed by atoms with Crippen molar-refractivity contribution in [1.82, 2.24) is 4.98 Å². The predicted molar refractivity (Wildman–Crippen MR) is 72.7 cm³/mol. The Morgan fingerprint density at radius 2 is 2.32 bits per heavy atom. The molecule has 1 heterocycles. The second-order valence-corrected chi connectivity index (χ2v) is 5.92. The summed E-state index contributed by atoms with van der Waals surface area (Å²) in [4.78, 5) is 14.3. The molecule has 0 amide bonds. The summed E-state index contributed by atoms with van der Waals surface area (Å²) in [6, 6.07) is 4.49. The maximum atomic E-state index is 11.2. The van der Waals surface area contributed by atoms with Gasteiger partial charge in [-0.1, -0.05) is 0 Å². The molecular formula is C11H13N3O4S. The van der Waals surface area contributed by atoms with Crippen LogP contribution in [0.3, 0.4) is 0 Å². The minimum absolute atomic E-state index is 0.0321. The first kappa shape index (κ1) is 13.5. The SMILES string of the molecule is CC(CNc1nc2cc([N+](=O)[O-])ccc2o1)S(C)=O. The van der Waals surface area contributed by atoms with Gasteiger partial charge >= 0.3 is 0 Å². The topological polar surface area (TPSA) is 98.3 Å². The van der Waals surface area contributed by atoms with Gasteiger partial charge in [-0.25, -0.2) is 0 Å². The van der Waals surface area contributed by atoms with Crippen molar-refractivity contribution < 1.29 is 13.5 Å². The van der Waals surface area contributed by atoms with Gasteiger partial charge in [0.1, 0.15) is 5.52 Å². The second-order valence-electron chi connectivity index (χ2n) is 4.12. The van der Waals surface area contributed by atoms with E-state index in [2.05, 4.69) is 10.3 Å². The number of benzene rings is 1. The highest BCUT2D eigenvalue weighted by molar-refractivity contribution is 7.84. The average Bonchev–Trinajstić information content (AvgIpc) is 2.77. The number of nitro groups is 1. The Morgan fingerprint density at radius 3 is 2.95 bits per heavy atom. The van der Waals surface area contributed by atoms with Crippen molar-refractivity contribution in [2.24, 2.45) is 0 Å². The van der Waals surface area contributed by atoms with E-state index in [9.17, 15) is 14.3 Å². The molecule has 7 nitrogen and oxygen atoms in total. The number of aromatic nitrogens is 1. The van der Waals surface area contributed by atoms with Crippen LogP contribution >= 0.6 is 0 Å². The maximum Gasteiger partial charge on any atom is 0.295 e. The number of hydrogen-bond acceptors (Lipinski definition) is 6. The Labute approximate surface area is 111 Å². The molecule has 0 aliphatic carbocycles. The molecule has 1 aromatic heterocycles. The van der Waals surface area contributed by atoms with Crippen LogP contribution in [0.15, 0.2) is 22.6 Å². The fourth-order valence-electron chi connectivity index (χ4n) is 1.45. The molecule has 0 spiro atoms. The van der Waals surface area contributed by atoms with Crippen molar-refractivity contribution in [3.05, 3.63) is 28.3 Å². The first-order valence-corrected chi connectivity index (χ1v) is 7.20. The number of rotatable bonds is 5. The lowest BCUT2D eigenvalue weighted by Gasteiger charge is -2.07. The van der Waals surface area contributed by atoms with Gasteiger partial charge in [0.2, 0.25) is 0 Å². The Balaban J connectivity index is 2.17. The maximum absolute atomic E-state index is 11.2. The molecule has 2 unspecified atom stereocenters. The fraction of sp³-hybridized carbons (Fsp3) is 0.364. The van der Waals surface area contributed by atoms with E-state index in [-0.39, 0.29) is 17.0 Å². The molecule has 8 heteroatoms. The molecular weight excluding hydrogens is 270 g/mol. The van der Waals surface area contributed by atoms with Crippen LogP contribution in [0.5, 0.6) is 0 Å². The van der Waals surface area contributed by atoms with Crippen LogP contribution in [-0.2, 0) is 10.8 Å². The molecule has 2 atom stereocenters. The Bertz CT molecular complexity index is 640. The lowest BCUT2D eigenvalue weighted by molar-refractivity contribution is -0.384. The second kappa shape index (κ2) is 5.35. The zero-order valence-electron chi connectivity index (χ0n) is 10.5. The van der Waals surface area contributed by atoms with Gasteiger partial charge in [0.05, 0.1) is 4.92 Å². The van der Waals surface area contributed by atoms with Gasteiger partial charge in [-0.05, 0) is 13.0 Å². The lowest BCUT2D eigenvalue weighted by atomic mass is 10.3. The Hall–Kier alpha value is -1.96. The molecule has 0 bridgehead atoms. The highest BCUT2D eigenvalue weighted by Gasteiger charge is 2.12. The highest BCUT2D eigenvalue weighted by Crippen LogP contribution is 2.23. The first-order valence-electron chi connectivity index (χ1n) is 5.58. The molecule has 2 aromatic rings. The van der Waals surface area contributed by atoms with E-state index >= 15 is 0 Å². The summed E-state index contributed by atoms with van der Waals surface area (Å²) in [7, 11) is -0.933. The van der Waals surface area contributed by atoms with Crippen LogP contribution in [-0.4, -0.2) is 32.2 Å². The molecule has 0 radical (unpaired) electrons. The van der Waals surface area contributed by atoms with Crippen molar-refractivity contribution in [3.8, 4) is 0 Å². The van der Waals surface area contributed by atoms with Gasteiger partial charge in [0, 0.05) is 41.0 Å². The summed E-state index contributed by atoms with van der Waals surface area (Å²) in [5.74, 6) is 0. The third kappa shape index (κ3) is 3.08. The first-order chi connectivity index (χ1) is 8.97. The molecule has 0 saturated carbocycles. The number of fused-ring (bicyclic) bond motifs is 1. The van der Waals surface area contributed by atoms with Crippen LogP contribution in [0, 0.1) is 10.1 Å². The third-order valence-corrected chi connectivity index (χ3v) is 3.99. The van der Waals surface area contributed by atoms with E-state index in [1.54, 1.807) is 6.26 Å². The third-order valence-electron chi connectivity index (χ3n) is 2.69. The van der Waals surface area contributed by atoms with Crippen molar-refractivity contribution in [2.75, 3.05) is 18.1 Å². The fourth-order valence-corrected chi connectivity index (χ4v) is 1.77. The number of oxazole rings is 1. The summed E-state index contributed by atoms with van der Waals surface area (Å²) < 4.78 is 16.6. The van der Waals surface area contributed by atoms with Crippen molar-refractivity contribution in [3.63, 3.8) is 0 Å². The number of anilines is 1. The summed E-state index contributed by atoms with van der Waals surface area (Å²) >= 11 is 0. The molecule has 0 saturated heterocycles. The number of non-ortho nitro benzene ring substituents is 1. The van der Waals surface area contributed by atoms with Crippen molar-refractivity contribution >= 4 is 33.6 Å². The quantitative estimate of drug-likeness (QED) is 0.665. The predicted octanol–water partition coefficient (Wildman–Crippen LogP) is 1.91. The number of nitro benzene ring substituents is 1. The van der Waals surface area contributed by atoms with Gasteiger partial charge < -0.3 is 9.73 Å². The van der Waals surface area contributed by atoms with Crippen LogP contribution in [0.25, 0.3) is 11.1 Å². The molecule has 0 aliphatic rings. The minimum atomic E-state index is -0.933. The zero-order valence-corrected chi connectivity index (χ0v) is 11.3. The van der Waals surface area contributed by atoms with Gasteiger partial charge in [0.25, 0.3) is 11.7 Å². The summed E-state index contributed by atoms with van der Waals surface area (Å²) in [5, 5.41) is 13.5. The molecule has 19 heavy (non-hydrogen) atoms. The van der Waals surface area contributed by atoms with Crippen molar-refractivity contribution in [1.29, 1.82) is 0 Å². The lowest BCUT2D eigenvalue weighted by Crippen LogP contribution is -2.20. The standard InChI is InChI=1S/C11H13N3O4S/c1-7(19(2)17)6-12-11-13-9-5-8(14(15)16)3-4-10(9)18-11/h3-5,7H,6H2,1-2H3,(H,12,13). The van der Waals surface area contributed by atoms with Crippen molar-refractivity contribution in [2.45, 2.75) is 12.2 Å². The molecule has 1 aromatic carbocycles. The van der Waals surface area contributed by atoms with Crippen LogP contribution in [0.1, 0.15) is 6.92 Å². The summed E-state index contributed by atoms with van der Waals surface area (Å²) in [6.45, 7) is 2.30. The van der Waals surface area contributed by atoms with Gasteiger partial charge in [-0.15, -0.1) is 0 Å². The Kier molecular flexibility index (Phi) is 3.79. The highest BCUT2D eigenvalue weighted by atomic mass is 32.2. The minimum Gasteiger partial charge on any atom is -0.424 e. The van der Waals surface area contributed by atoms with E-state index in [1.165, 1.54) is 18.2 Å². The monoisotopic (exact) mass is 283 g/mol. The van der Waals surface area contributed by atoms with Crippen LogP contribution < -0.4 is 5.32 Å². The van der Waals surface area contributed by atoms with Crippen LogP contribution in [0.2, 0.25) is 0 Å². The molecule has 102 valence electrons. The number of hydrogen-bond donors (Lipinski definition) is 1. The van der Waals surface area contributed by atoms with Gasteiger partial charge in [-0.3, -0.25) is 14.3 Å². The van der Waals surface area contributed by atoms with E-state index in [0.29, 0.717) is 17.6 Å². The number of nitrogens with zero attached hydrogens (tertiary/aromatic N) is 2. The smallest absolute Gasteiger partial charge is 0.295 e. The Morgan fingerprint density at radius 1 is 1.58 bits per heavy atom. The normalized spacial score (nSPS) is 14.2. The number of nitrogens with one attached hydrogen (secondary N) is 1. The zero-order chi connectivity index (χ0) is 14.0. The molecule has 0 aliphatic heterocycles. The largest absolute Gasteiger partial charge is 0.424 e. The van der Waals surface area contributed by atoms with Crippen LogP contribution in [0.4, 0.5) is 11.7 Å². The summed E-state index contributed by atoms with van der Waals surface area (Å²) in [6.07, 6.45) is 1.63. The van der Waals surface area contributed by atoms with E-state index < -0.39 is 15.7 Å². The van der Waals surface area contributed by atoms with E-state index in [1.807, 2.05) is 6.92 Å². The molecule has 0 fully saturated rings. The summed E-state index contributed by atoms with van der Waals surface area (Å²) in [5.41, 5.74) is 0.857.